The molecule has 0 radical (unpaired) electrons. The van der Waals surface area contributed by atoms with E-state index in [1.807, 2.05) is 39.2 Å². The average molecular weight is 388 g/mol. The zero-order valence-corrected chi connectivity index (χ0v) is 16.3. The number of ether oxygens (including phenoxy) is 1. The molecular formula is C21H20N6O2. The molecule has 4 aromatic rings. The fourth-order valence-electron chi connectivity index (χ4n) is 2.84. The molecule has 0 aliphatic rings. The number of anilines is 1. The fourth-order valence-corrected chi connectivity index (χ4v) is 2.84. The normalized spacial score (nSPS) is 11.0. The van der Waals surface area contributed by atoms with Crippen molar-refractivity contribution in [3.63, 3.8) is 0 Å². The summed E-state index contributed by atoms with van der Waals surface area (Å²) in [7, 11) is 1.86. The summed E-state index contributed by atoms with van der Waals surface area (Å²) in [6.45, 7) is 3.81. The molecule has 0 bridgehead atoms. The molecule has 146 valence electrons. The van der Waals surface area contributed by atoms with Gasteiger partial charge >= 0.3 is 0 Å². The zero-order chi connectivity index (χ0) is 20.4. The number of carbonyl (C=O) groups is 1. The summed E-state index contributed by atoms with van der Waals surface area (Å²) in [5, 5.41) is 7.87. The van der Waals surface area contributed by atoms with Crippen LogP contribution in [-0.2, 0) is 7.05 Å². The van der Waals surface area contributed by atoms with Crippen molar-refractivity contribution in [3.05, 3.63) is 60.7 Å². The van der Waals surface area contributed by atoms with Crippen molar-refractivity contribution in [2.45, 2.75) is 20.0 Å². The number of aryl methyl sites for hydroxylation is 1. The van der Waals surface area contributed by atoms with Crippen LogP contribution in [0.15, 0.2) is 55.1 Å². The highest BCUT2D eigenvalue weighted by molar-refractivity contribution is 6.04. The lowest BCUT2D eigenvalue weighted by Crippen LogP contribution is -2.14. The second-order valence-corrected chi connectivity index (χ2v) is 6.86. The molecule has 0 aromatic carbocycles. The van der Waals surface area contributed by atoms with E-state index in [-0.39, 0.29) is 12.0 Å². The lowest BCUT2D eigenvalue weighted by molar-refractivity contribution is 0.102. The first-order valence-electron chi connectivity index (χ1n) is 9.18. The average Bonchev–Trinajstić information content (AvgIpc) is 3.13. The summed E-state index contributed by atoms with van der Waals surface area (Å²) >= 11 is 0. The van der Waals surface area contributed by atoms with Crippen molar-refractivity contribution < 1.29 is 9.53 Å². The van der Waals surface area contributed by atoms with Gasteiger partial charge in [0.2, 0.25) is 5.88 Å². The van der Waals surface area contributed by atoms with Gasteiger partial charge in [0.1, 0.15) is 5.82 Å². The Morgan fingerprint density at radius 3 is 2.76 bits per heavy atom. The molecule has 0 fully saturated rings. The number of amides is 1. The van der Waals surface area contributed by atoms with Gasteiger partial charge in [-0.3, -0.25) is 9.48 Å². The Labute approximate surface area is 167 Å². The Hall–Kier alpha value is -3.81. The van der Waals surface area contributed by atoms with Gasteiger partial charge < -0.3 is 10.1 Å². The molecule has 8 nitrogen and oxygen atoms in total. The number of hydrogen-bond acceptors (Lipinski definition) is 6. The molecule has 1 N–H and O–H groups in total. The summed E-state index contributed by atoms with van der Waals surface area (Å²) in [4.78, 5) is 25.7. The van der Waals surface area contributed by atoms with Crippen LogP contribution in [0.4, 0.5) is 5.82 Å². The summed E-state index contributed by atoms with van der Waals surface area (Å²) in [6, 6.07) is 8.85. The highest BCUT2D eigenvalue weighted by atomic mass is 16.5. The topological polar surface area (TPSA) is 94.8 Å². The first-order valence-corrected chi connectivity index (χ1v) is 9.18. The fraction of sp³-hybridized carbons (Fsp3) is 0.190. The van der Waals surface area contributed by atoms with E-state index >= 15 is 0 Å². The van der Waals surface area contributed by atoms with E-state index in [0.29, 0.717) is 17.3 Å². The van der Waals surface area contributed by atoms with Crippen LogP contribution in [0.1, 0.15) is 24.2 Å². The predicted octanol–water partition coefficient (Wildman–Crippen LogP) is 3.46. The van der Waals surface area contributed by atoms with E-state index in [2.05, 4.69) is 25.4 Å². The smallest absolute Gasteiger partial charge is 0.257 e. The Balaban J connectivity index is 1.58. The van der Waals surface area contributed by atoms with E-state index in [4.69, 9.17) is 4.74 Å². The molecule has 1 amide bonds. The van der Waals surface area contributed by atoms with E-state index in [0.717, 1.165) is 22.2 Å². The minimum Gasteiger partial charge on any atom is -0.475 e. The van der Waals surface area contributed by atoms with Crippen molar-refractivity contribution in [2.24, 2.45) is 7.05 Å². The van der Waals surface area contributed by atoms with Gasteiger partial charge in [-0.05, 0) is 32.0 Å². The lowest BCUT2D eigenvalue weighted by atomic mass is 10.2. The van der Waals surface area contributed by atoms with Gasteiger partial charge in [0.25, 0.3) is 5.91 Å². The molecule has 0 atom stereocenters. The SMILES string of the molecule is CC(C)Oc1cc(C(=O)Nc2cc3nc(-c4cnn(C)c4)ccc3cn2)ccn1. The van der Waals surface area contributed by atoms with Crippen LogP contribution in [0, 0.1) is 0 Å². The Morgan fingerprint density at radius 2 is 2.00 bits per heavy atom. The molecule has 0 aliphatic heterocycles. The van der Waals surface area contributed by atoms with Gasteiger partial charge in [0.05, 0.1) is 23.5 Å². The van der Waals surface area contributed by atoms with Gasteiger partial charge in [-0.2, -0.15) is 5.10 Å². The maximum atomic E-state index is 12.6. The highest BCUT2D eigenvalue weighted by Gasteiger charge is 2.11. The van der Waals surface area contributed by atoms with Crippen LogP contribution < -0.4 is 10.1 Å². The van der Waals surface area contributed by atoms with Crippen molar-refractivity contribution in [3.8, 4) is 17.1 Å². The van der Waals surface area contributed by atoms with Crippen LogP contribution >= 0.6 is 0 Å². The van der Waals surface area contributed by atoms with E-state index < -0.39 is 0 Å². The first-order chi connectivity index (χ1) is 14.0. The number of rotatable bonds is 5. The molecule has 0 spiro atoms. The van der Waals surface area contributed by atoms with Gasteiger partial charge in [-0.15, -0.1) is 0 Å². The predicted molar refractivity (Wildman–Crippen MR) is 110 cm³/mol. The first kappa shape index (κ1) is 18.5. The maximum Gasteiger partial charge on any atom is 0.257 e. The molecule has 0 unspecified atom stereocenters. The van der Waals surface area contributed by atoms with E-state index in [9.17, 15) is 4.79 Å². The van der Waals surface area contributed by atoms with E-state index in [1.165, 1.54) is 0 Å². The quantitative estimate of drug-likeness (QED) is 0.563. The third-order valence-corrected chi connectivity index (χ3v) is 4.17. The van der Waals surface area contributed by atoms with Crippen LogP contribution in [0.3, 0.4) is 0 Å². The summed E-state index contributed by atoms with van der Waals surface area (Å²) in [5.74, 6) is 0.527. The number of fused-ring (bicyclic) bond motifs is 1. The molecule has 8 heteroatoms. The van der Waals surface area contributed by atoms with Gasteiger partial charge in [-0.25, -0.2) is 15.0 Å². The highest BCUT2D eigenvalue weighted by Crippen LogP contribution is 2.22. The lowest BCUT2D eigenvalue weighted by Gasteiger charge is -2.10. The Bertz CT molecular complexity index is 1180. The number of nitrogens with zero attached hydrogens (tertiary/aromatic N) is 5. The van der Waals surface area contributed by atoms with Crippen molar-refractivity contribution >= 4 is 22.6 Å². The monoisotopic (exact) mass is 388 g/mol. The molecule has 4 aromatic heterocycles. The largest absolute Gasteiger partial charge is 0.475 e. The van der Waals surface area contributed by atoms with E-state index in [1.54, 1.807) is 41.5 Å². The molecular weight excluding hydrogens is 368 g/mol. The van der Waals surface area contributed by atoms with Crippen LogP contribution in [0.2, 0.25) is 0 Å². The molecule has 4 rings (SSSR count). The Morgan fingerprint density at radius 1 is 1.14 bits per heavy atom. The zero-order valence-electron chi connectivity index (χ0n) is 16.3. The number of nitrogens with one attached hydrogen (secondary N) is 1. The maximum absolute atomic E-state index is 12.6. The summed E-state index contributed by atoms with van der Waals surface area (Å²) in [5.41, 5.74) is 2.90. The molecule has 0 aliphatic carbocycles. The van der Waals surface area contributed by atoms with Gasteiger partial charge in [-0.1, -0.05) is 0 Å². The molecule has 29 heavy (non-hydrogen) atoms. The second kappa shape index (κ2) is 7.67. The standard InChI is InChI=1S/C21H20N6O2/c1-13(2)29-20-8-14(6-7-22-20)21(28)26-19-9-18-15(10-23-19)4-5-17(25-18)16-11-24-27(3)12-16/h4-13H,1-3H3,(H,23,26,28). The third kappa shape index (κ3) is 4.21. The third-order valence-electron chi connectivity index (χ3n) is 4.17. The second-order valence-electron chi connectivity index (χ2n) is 6.86. The van der Waals surface area contributed by atoms with Gasteiger partial charge in [0.15, 0.2) is 0 Å². The van der Waals surface area contributed by atoms with Crippen LogP contribution in [0.5, 0.6) is 5.88 Å². The molecule has 0 saturated heterocycles. The number of aromatic nitrogens is 5. The number of hydrogen-bond donors (Lipinski definition) is 1. The van der Waals surface area contributed by atoms with Gasteiger partial charge in [0, 0.05) is 54.3 Å². The minimum atomic E-state index is -0.295. The molecule has 4 heterocycles. The number of carbonyl (C=O) groups excluding carboxylic acids is 1. The summed E-state index contributed by atoms with van der Waals surface area (Å²) < 4.78 is 7.27. The summed E-state index contributed by atoms with van der Waals surface area (Å²) in [6.07, 6.45) is 6.87. The number of pyridine rings is 3. The van der Waals surface area contributed by atoms with Crippen LogP contribution in [0.25, 0.3) is 22.2 Å². The van der Waals surface area contributed by atoms with Crippen molar-refractivity contribution in [1.29, 1.82) is 0 Å². The van der Waals surface area contributed by atoms with Crippen LogP contribution in [-0.4, -0.2) is 36.7 Å². The minimum absolute atomic E-state index is 0.0250. The van der Waals surface area contributed by atoms with Crippen molar-refractivity contribution in [1.82, 2.24) is 24.7 Å². The molecule has 0 saturated carbocycles. The Kier molecular flexibility index (Phi) is 4.90. The van der Waals surface area contributed by atoms with Crippen molar-refractivity contribution in [2.75, 3.05) is 5.32 Å².